The molecule has 0 fully saturated rings. The molecule has 3 N–H and O–H groups in total. The van der Waals surface area contributed by atoms with E-state index in [0.29, 0.717) is 5.56 Å². The average molecular weight is 272 g/mol. The minimum Gasteiger partial charge on any atom is -0.378 e. The van der Waals surface area contributed by atoms with E-state index in [1.54, 1.807) is 12.1 Å². The summed E-state index contributed by atoms with van der Waals surface area (Å²) in [5, 5.41) is 23.5. The first kappa shape index (κ1) is 13.7. The van der Waals surface area contributed by atoms with Gasteiger partial charge in [0.25, 0.3) is 5.91 Å². The van der Waals surface area contributed by atoms with Crippen molar-refractivity contribution in [2.24, 2.45) is 10.8 Å². The summed E-state index contributed by atoms with van der Waals surface area (Å²) >= 11 is 0. The minimum atomic E-state index is -1.50. The maximum absolute atomic E-state index is 12.1. The van der Waals surface area contributed by atoms with Crippen LogP contribution in [0.25, 0.3) is 0 Å². The molecular weight excluding hydrogens is 260 g/mol. The van der Waals surface area contributed by atoms with Gasteiger partial charge in [0.05, 0.1) is 11.6 Å². The number of benzene rings is 1. The van der Waals surface area contributed by atoms with E-state index in [4.69, 9.17) is 11.0 Å². The molecule has 2 rings (SSSR count). The van der Waals surface area contributed by atoms with E-state index in [0.717, 1.165) is 5.01 Å². The summed E-state index contributed by atoms with van der Waals surface area (Å²) in [6.07, 6.45) is 0.123. The van der Waals surface area contributed by atoms with Crippen molar-refractivity contribution in [1.29, 1.82) is 5.26 Å². The number of carbonyl (C=O) groups is 2. The van der Waals surface area contributed by atoms with Crippen LogP contribution in [-0.4, -0.2) is 34.2 Å². The van der Waals surface area contributed by atoms with Gasteiger partial charge in [-0.15, -0.1) is 0 Å². The van der Waals surface area contributed by atoms with Crippen LogP contribution in [-0.2, 0) is 9.59 Å². The number of nitrogens with two attached hydrogens (primary N) is 1. The number of carbonyl (C=O) groups excluding carboxylic acids is 2. The van der Waals surface area contributed by atoms with Gasteiger partial charge in [0.2, 0.25) is 5.91 Å². The fourth-order valence-electron chi connectivity index (χ4n) is 1.91. The standard InChI is InChI=1S/C13H12N4O3/c14-7-8-2-1-3-9(6-8)11(18)13(20)17-10(12(15)19)4-5-16-17/h1-3,5-6,10-11,18H,4H2,(H2,15,19). The molecule has 0 saturated carbocycles. The molecule has 1 aromatic carbocycles. The molecule has 1 heterocycles. The van der Waals surface area contributed by atoms with E-state index in [-0.39, 0.29) is 12.0 Å². The Hall–Kier alpha value is -2.72. The molecular formula is C13H12N4O3. The molecule has 7 nitrogen and oxygen atoms in total. The quantitative estimate of drug-likeness (QED) is 0.782. The molecule has 0 bridgehead atoms. The maximum atomic E-state index is 12.1. The Morgan fingerprint density at radius 1 is 1.55 bits per heavy atom. The molecule has 1 aromatic rings. The first-order valence-corrected chi connectivity index (χ1v) is 5.87. The van der Waals surface area contributed by atoms with Crippen LogP contribution in [0.3, 0.4) is 0 Å². The number of rotatable bonds is 3. The fourth-order valence-corrected chi connectivity index (χ4v) is 1.91. The van der Waals surface area contributed by atoms with E-state index in [9.17, 15) is 14.7 Å². The number of nitriles is 1. The van der Waals surface area contributed by atoms with Crippen molar-refractivity contribution in [1.82, 2.24) is 5.01 Å². The topological polar surface area (TPSA) is 120 Å². The Labute approximate surface area is 114 Å². The van der Waals surface area contributed by atoms with Gasteiger partial charge < -0.3 is 10.8 Å². The molecule has 1 aliphatic heterocycles. The average Bonchev–Trinajstić information content (AvgIpc) is 2.95. The molecule has 102 valence electrons. The van der Waals surface area contributed by atoms with Gasteiger partial charge in [0, 0.05) is 12.6 Å². The molecule has 0 spiro atoms. The van der Waals surface area contributed by atoms with E-state index in [2.05, 4.69) is 5.10 Å². The van der Waals surface area contributed by atoms with Crippen LogP contribution < -0.4 is 5.73 Å². The second kappa shape index (κ2) is 5.50. The van der Waals surface area contributed by atoms with Crippen LogP contribution in [0.1, 0.15) is 23.7 Å². The van der Waals surface area contributed by atoms with E-state index >= 15 is 0 Å². The zero-order valence-corrected chi connectivity index (χ0v) is 10.4. The van der Waals surface area contributed by atoms with Crippen molar-refractivity contribution in [3.8, 4) is 6.07 Å². The fraction of sp³-hybridized carbons (Fsp3) is 0.231. The predicted octanol–water partition coefficient (Wildman–Crippen LogP) is -0.336. The molecule has 0 aromatic heterocycles. The number of aliphatic hydroxyl groups excluding tert-OH is 1. The van der Waals surface area contributed by atoms with Crippen LogP contribution in [0.5, 0.6) is 0 Å². The number of aliphatic hydroxyl groups is 1. The summed E-state index contributed by atoms with van der Waals surface area (Å²) in [6, 6.07) is 7.08. The summed E-state index contributed by atoms with van der Waals surface area (Å²) in [6.45, 7) is 0. The van der Waals surface area contributed by atoms with E-state index in [1.807, 2.05) is 6.07 Å². The summed E-state index contributed by atoms with van der Waals surface area (Å²) < 4.78 is 0. The molecule has 1 aliphatic rings. The Morgan fingerprint density at radius 2 is 2.30 bits per heavy atom. The zero-order valence-electron chi connectivity index (χ0n) is 10.4. The van der Waals surface area contributed by atoms with Crippen molar-refractivity contribution in [2.75, 3.05) is 0 Å². The van der Waals surface area contributed by atoms with Crippen molar-refractivity contribution >= 4 is 18.0 Å². The number of hydrogen-bond donors (Lipinski definition) is 2. The number of hydrazone groups is 1. The largest absolute Gasteiger partial charge is 0.378 e. The summed E-state index contributed by atoms with van der Waals surface area (Å²) in [5.74, 6) is -1.44. The molecule has 0 aliphatic carbocycles. The Kier molecular flexibility index (Phi) is 3.77. The number of nitrogens with zero attached hydrogens (tertiary/aromatic N) is 3. The highest BCUT2D eigenvalue weighted by Crippen LogP contribution is 2.21. The van der Waals surface area contributed by atoms with Crippen LogP contribution in [0.4, 0.5) is 0 Å². The third-order valence-corrected chi connectivity index (χ3v) is 2.95. The Bertz CT molecular complexity index is 620. The van der Waals surface area contributed by atoms with Crippen molar-refractivity contribution in [2.45, 2.75) is 18.6 Å². The van der Waals surface area contributed by atoms with Gasteiger partial charge in [-0.2, -0.15) is 10.4 Å². The van der Waals surface area contributed by atoms with Gasteiger partial charge in [-0.1, -0.05) is 12.1 Å². The number of hydrogen-bond acceptors (Lipinski definition) is 5. The van der Waals surface area contributed by atoms with Gasteiger partial charge in [-0.25, -0.2) is 5.01 Å². The first-order chi connectivity index (χ1) is 9.54. The Balaban J connectivity index is 2.22. The highest BCUT2D eigenvalue weighted by atomic mass is 16.3. The predicted molar refractivity (Wildman–Crippen MR) is 69.1 cm³/mol. The van der Waals surface area contributed by atoms with E-state index < -0.39 is 24.0 Å². The first-order valence-electron chi connectivity index (χ1n) is 5.87. The second-order valence-corrected chi connectivity index (χ2v) is 4.27. The normalized spacial score (nSPS) is 18.6. The zero-order chi connectivity index (χ0) is 14.7. The lowest BCUT2D eigenvalue weighted by Crippen LogP contribution is -2.44. The lowest BCUT2D eigenvalue weighted by Gasteiger charge is -2.22. The third kappa shape index (κ3) is 2.50. The van der Waals surface area contributed by atoms with Crippen molar-refractivity contribution in [3.05, 3.63) is 35.4 Å². The Morgan fingerprint density at radius 3 is 2.95 bits per heavy atom. The van der Waals surface area contributed by atoms with Crippen LogP contribution in [0.15, 0.2) is 29.4 Å². The molecule has 20 heavy (non-hydrogen) atoms. The molecule has 7 heteroatoms. The maximum Gasteiger partial charge on any atom is 0.276 e. The number of primary amides is 1. The summed E-state index contributed by atoms with van der Waals surface area (Å²) in [4.78, 5) is 23.3. The minimum absolute atomic E-state index is 0.228. The lowest BCUT2D eigenvalue weighted by molar-refractivity contribution is -0.145. The second-order valence-electron chi connectivity index (χ2n) is 4.27. The van der Waals surface area contributed by atoms with Crippen LogP contribution in [0, 0.1) is 11.3 Å². The van der Waals surface area contributed by atoms with Crippen molar-refractivity contribution in [3.63, 3.8) is 0 Å². The summed E-state index contributed by atoms with van der Waals surface area (Å²) in [7, 11) is 0. The highest BCUT2D eigenvalue weighted by Gasteiger charge is 2.35. The molecule has 2 unspecified atom stereocenters. The lowest BCUT2D eigenvalue weighted by atomic mass is 10.1. The van der Waals surface area contributed by atoms with Crippen LogP contribution >= 0.6 is 0 Å². The van der Waals surface area contributed by atoms with Gasteiger partial charge in [-0.3, -0.25) is 9.59 Å². The summed E-state index contributed by atoms with van der Waals surface area (Å²) in [5.41, 5.74) is 5.76. The van der Waals surface area contributed by atoms with Gasteiger partial charge in [-0.05, 0) is 17.7 Å². The molecule has 2 amide bonds. The van der Waals surface area contributed by atoms with Gasteiger partial charge in [0.15, 0.2) is 6.10 Å². The number of amides is 2. The van der Waals surface area contributed by atoms with Gasteiger partial charge >= 0.3 is 0 Å². The molecule has 0 saturated heterocycles. The monoisotopic (exact) mass is 272 g/mol. The molecule has 2 atom stereocenters. The third-order valence-electron chi connectivity index (χ3n) is 2.95. The highest BCUT2D eigenvalue weighted by molar-refractivity contribution is 5.92. The van der Waals surface area contributed by atoms with E-state index in [1.165, 1.54) is 18.3 Å². The smallest absolute Gasteiger partial charge is 0.276 e. The van der Waals surface area contributed by atoms with Gasteiger partial charge in [0.1, 0.15) is 6.04 Å². The van der Waals surface area contributed by atoms with Crippen molar-refractivity contribution < 1.29 is 14.7 Å². The van der Waals surface area contributed by atoms with Crippen LogP contribution in [0.2, 0.25) is 0 Å². The molecule has 0 radical (unpaired) electrons. The SMILES string of the molecule is N#Cc1cccc(C(O)C(=O)N2N=CCC2C(N)=O)c1.